The minimum absolute atomic E-state index is 0.0988. The molecule has 0 fully saturated rings. The average Bonchev–Trinajstić information content (AvgIpc) is 3.46. The molecule has 0 aliphatic carbocycles. The monoisotopic (exact) mass is 1120 g/mol. The van der Waals surface area contributed by atoms with Crippen LogP contribution in [0.25, 0.3) is 0 Å². The van der Waals surface area contributed by atoms with E-state index in [4.69, 9.17) is 14.2 Å². The summed E-state index contributed by atoms with van der Waals surface area (Å²) in [6.45, 7) is 6.36. The van der Waals surface area contributed by atoms with Crippen LogP contribution in [0.3, 0.4) is 0 Å². The molecule has 464 valence electrons. The lowest BCUT2D eigenvalue weighted by Crippen LogP contribution is -2.30. The highest BCUT2D eigenvalue weighted by Gasteiger charge is 2.19. The van der Waals surface area contributed by atoms with E-state index in [1.54, 1.807) is 6.08 Å². The Hall–Kier alpha value is -3.93. The van der Waals surface area contributed by atoms with Crippen LogP contribution in [-0.4, -0.2) is 37.2 Å². The van der Waals surface area contributed by atoms with Crippen molar-refractivity contribution in [1.82, 2.24) is 0 Å². The zero-order chi connectivity index (χ0) is 58.5. The molecular formula is C75H128O6. The molecule has 1 atom stereocenters. The summed E-state index contributed by atoms with van der Waals surface area (Å²) in [5, 5.41) is 0. The van der Waals surface area contributed by atoms with Gasteiger partial charge < -0.3 is 14.2 Å². The highest BCUT2D eigenvalue weighted by atomic mass is 16.6. The Morgan fingerprint density at radius 1 is 0.272 bits per heavy atom. The predicted octanol–water partition coefficient (Wildman–Crippen LogP) is 23.8. The van der Waals surface area contributed by atoms with Crippen LogP contribution in [0.5, 0.6) is 0 Å². The number of ether oxygens (including phenoxy) is 3. The lowest BCUT2D eigenvalue weighted by atomic mass is 10.0. The van der Waals surface area contributed by atoms with Crippen LogP contribution in [0.4, 0.5) is 0 Å². The number of esters is 3. The summed E-state index contributed by atoms with van der Waals surface area (Å²) in [5.41, 5.74) is 0. The lowest BCUT2D eigenvalue weighted by molar-refractivity contribution is -0.166. The van der Waals surface area contributed by atoms with Gasteiger partial charge in [0.25, 0.3) is 0 Å². The molecule has 0 aromatic rings. The summed E-state index contributed by atoms with van der Waals surface area (Å²) in [5.74, 6) is -1.03. The fraction of sp³-hybridized carbons (Fsp3) is 0.720. The Balaban J connectivity index is 4.14. The van der Waals surface area contributed by atoms with Gasteiger partial charge in [0.2, 0.25) is 0 Å². The molecule has 0 aromatic heterocycles. The molecule has 0 saturated heterocycles. The van der Waals surface area contributed by atoms with Crippen molar-refractivity contribution < 1.29 is 28.6 Å². The maximum absolute atomic E-state index is 12.8. The SMILES string of the molecule is CC/C=C\C/C=C\C/C=C\C/C=C\C/C=C\CC(=O)OC(COC(=O)CCCCCCCCCCCCCCC)COC(=O)CCCCCCCCCCCCCCCCCCCCCCCC/C=C\C/C=C\C/C=C\C/C=C\CC. The average molecular weight is 1130 g/mol. The van der Waals surface area contributed by atoms with Crippen molar-refractivity contribution >= 4 is 17.9 Å². The maximum Gasteiger partial charge on any atom is 0.310 e. The molecule has 1 unspecified atom stereocenters. The Labute approximate surface area is 501 Å². The summed E-state index contributed by atoms with van der Waals surface area (Å²) in [6.07, 6.45) is 94.5. The van der Waals surface area contributed by atoms with E-state index in [2.05, 4.69) is 118 Å². The van der Waals surface area contributed by atoms with Crippen LogP contribution in [-0.2, 0) is 28.6 Å². The van der Waals surface area contributed by atoms with Gasteiger partial charge in [0, 0.05) is 12.8 Å². The van der Waals surface area contributed by atoms with Gasteiger partial charge in [0.15, 0.2) is 6.10 Å². The molecule has 0 aliphatic heterocycles. The highest BCUT2D eigenvalue weighted by Crippen LogP contribution is 2.18. The second-order valence-corrected chi connectivity index (χ2v) is 22.7. The molecule has 0 heterocycles. The molecule has 0 rings (SSSR count). The van der Waals surface area contributed by atoms with E-state index in [0.717, 1.165) is 96.3 Å². The highest BCUT2D eigenvalue weighted by molar-refractivity contribution is 5.72. The maximum atomic E-state index is 12.8. The number of unbranched alkanes of at least 4 members (excludes halogenated alkanes) is 34. The van der Waals surface area contributed by atoms with Gasteiger partial charge in [0.05, 0.1) is 6.42 Å². The van der Waals surface area contributed by atoms with E-state index in [1.165, 1.54) is 193 Å². The first-order chi connectivity index (χ1) is 40.0. The number of carbonyl (C=O) groups excluding carboxylic acids is 3. The third-order valence-corrected chi connectivity index (χ3v) is 14.8. The Morgan fingerprint density at radius 3 is 0.815 bits per heavy atom. The zero-order valence-corrected chi connectivity index (χ0v) is 53.3. The fourth-order valence-corrected chi connectivity index (χ4v) is 9.75. The third kappa shape index (κ3) is 66.8. The van der Waals surface area contributed by atoms with E-state index >= 15 is 0 Å². The normalized spacial score (nSPS) is 12.8. The third-order valence-electron chi connectivity index (χ3n) is 14.8. The summed E-state index contributed by atoms with van der Waals surface area (Å²) < 4.78 is 16.8. The van der Waals surface area contributed by atoms with Gasteiger partial charge in [-0.2, -0.15) is 0 Å². The second kappa shape index (κ2) is 68.6. The molecule has 0 saturated carbocycles. The van der Waals surface area contributed by atoms with Crippen LogP contribution < -0.4 is 0 Å². The van der Waals surface area contributed by atoms with Crippen LogP contribution >= 0.6 is 0 Å². The second-order valence-electron chi connectivity index (χ2n) is 22.7. The summed E-state index contributed by atoms with van der Waals surface area (Å²) in [7, 11) is 0. The zero-order valence-electron chi connectivity index (χ0n) is 53.3. The topological polar surface area (TPSA) is 78.9 Å². The molecular weight excluding hydrogens is 997 g/mol. The molecule has 6 nitrogen and oxygen atoms in total. The van der Waals surface area contributed by atoms with E-state index in [0.29, 0.717) is 12.8 Å². The Bertz CT molecular complexity index is 1620. The van der Waals surface area contributed by atoms with Gasteiger partial charge in [-0.05, 0) is 83.5 Å². The molecule has 0 spiro atoms. The summed E-state index contributed by atoms with van der Waals surface area (Å²) in [4.78, 5) is 38.2. The molecule has 81 heavy (non-hydrogen) atoms. The van der Waals surface area contributed by atoms with Crippen molar-refractivity contribution in [2.75, 3.05) is 13.2 Å². The molecule has 0 N–H and O–H groups in total. The van der Waals surface area contributed by atoms with Crippen molar-refractivity contribution in [3.05, 3.63) is 109 Å². The van der Waals surface area contributed by atoms with Gasteiger partial charge >= 0.3 is 17.9 Å². The largest absolute Gasteiger partial charge is 0.462 e. The number of carbonyl (C=O) groups is 3. The number of allylic oxidation sites excluding steroid dienone is 17. The smallest absolute Gasteiger partial charge is 0.310 e. The Kier molecular flexibility index (Phi) is 65.2. The van der Waals surface area contributed by atoms with E-state index in [1.807, 2.05) is 6.08 Å². The van der Waals surface area contributed by atoms with Crippen LogP contribution in [0.1, 0.15) is 329 Å². The van der Waals surface area contributed by atoms with Gasteiger partial charge in [-0.25, -0.2) is 0 Å². The molecule has 0 aromatic carbocycles. The minimum Gasteiger partial charge on any atom is -0.462 e. The standard InChI is InChI=1S/C75H128O6/c1-4-7-10-13-16-19-22-25-27-28-29-30-31-32-33-34-35-36-37-38-39-40-41-42-43-44-45-46-48-50-53-56-59-62-65-68-74(77)80-71-72(70-79-73(76)67-64-61-58-55-52-49-24-21-18-15-12-9-6-3)81-75(78)69-66-63-60-57-54-51-47-26-23-20-17-14-11-8-5-2/h7-8,10-11,16-17,19-20,25-27,29-30,47,54,57,63,66,72H,4-6,9,12-15,18,21-24,28,31-46,48-53,55-56,58-62,64-65,67-71H2,1-3H3/b10-7-,11-8-,19-16-,20-17-,27-25-,30-29-,47-26-,57-54-,66-63-. The molecule has 0 bridgehead atoms. The lowest BCUT2D eigenvalue weighted by Gasteiger charge is -2.18. The van der Waals surface area contributed by atoms with Crippen LogP contribution in [0.2, 0.25) is 0 Å². The minimum atomic E-state index is -0.830. The first-order valence-electron chi connectivity index (χ1n) is 34.4. The Morgan fingerprint density at radius 2 is 0.519 bits per heavy atom. The van der Waals surface area contributed by atoms with Crippen molar-refractivity contribution in [3.8, 4) is 0 Å². The molecule has 0 amide bonds. The van der Waals surface area contributed by atoms with E-state index < -0.39 is 12.1 Å². The van der Waals surface area contributed by atoms with Crippen molar-refractivity contribution in [2.45, 2.75) is 335 Å². The van der Waals surface area contributed by atoms with Crippen LogP contribution in [0.15, 0.2) is 109 Å². The van der Waals surface area contributed by atoms with Crippen molar-refractivity contribution in [3.63, 3.8) is 0 Å². The van der Waals surface area contributed by atoms with Gasteiger partial charge in [-0.3, -0.25) is 14.4 Å². The summed E-state index contributed by atoms with van der Waals surface area (Å²) in [6, 6.07) is 0. The quantitative estimate of drug-likeness (QED) is 0.0261. The first kappa shape index (κ1) is 77.1. The number of hydrogen-bond donors (Lipinski definition) is 0. The predicted molar refractivity (Wildman–Crippen MR) is 353 cm³/mol. The van der Waals surface area contributed by atoms with Gasteiger partial charge in [-0.1, -0.05) is 336 Å². The van der Waals surface area contributed by atoms with Crippen molar-refractivity contribution in [1.29, 1.82) is 0 Å². The van der Waals surface area contributed by atoms with Gasteiger partial charge in [0.1, 0.15) is 13.2 Å². The van der Waals surface area contributed by atoms with E-state index in [-0.39, 0.29) is 31.6 Å². The van der Waals surface area contributed by atoms with Crippen LogP contribution in [0, 0.1) is 0 Å². The van der Waals surface area contributed by atoms with Gasteiger partial charge in [-0.15, -0.1) is 0 Å². The fourth-order valence-electron chi connectivity index (χ4n) is 9.75. The number of rotatable bonds is 62. The molecule has 0 aliphatic rings. The molecule has 0 radical (unpaired) electrons. The molecule has 6 heteroatoms. The number of hydrogen-bond acceptors (Lipinski definition) is 6. The first-order valence-corrected chi connectivity index (χ1v) is 34.4. The van der Waals surface area contributed by atoms with E-state index in [9.17, 15) is 14.4 Å². The summed E-state index contributed by atoms with van der Waals surface area (Å²) >= 11 is 0. The van der Waals surface area contributed by atoms with Crippen molar-refractivity contribution in [2.24, 2.45) is 0 Å².